The van der Waals surface area contributed by atoms with Crippen LogP contribution in [0.5, 0.6) is 0 Å². The van der Waals surface area contributed by atoms with E-state index in [1.807, 2.05) is 78.9 Å². The van der Waals surface area contributed by atoms with Crippen molar-refractivity contribution >= 4 is 18.0 Å². The van der Waals surface area contributed by atoms with Crippen molar-refractivity contribution in [2.45, 2.75) is 24.4 Å². The van der Waals surface area contributed by atoms with E-state index in [0.717, 1.165) is 32.7 Å². The van der Waals surface area contributed by atoms with E-state index in [-0.39, 0.29) is 19.1 Å². The van der Waals surface area contributed by atoms with Gasteiger partial charge in [-0.3, -0.25) is 14.5 Å². The van der Waals surface area contributed by atoms with Crippen molar-refractivity contribution in [3.05, 3.63) is 95.6 Å². The second kappa shape index (κ2) is 11.7. The molecule has 1 aliphatic heterocycles. The third-order valence-electron chi connectivity index (χ3n) is 7.65. The minimum absolute atomic E-state index is 0.00225. The molecule has 3 aromatic rings. The van der Waals surface area contributed by atoms with Gasteiger partial charge in [-0.05, 0) is 34.9 Å². The molecule has 0 aromatic heterocycles. The van der Waals surface area contributed by atoms with E-state index in [1.54, 1.807) is 11.9 Å². The van der Waals surface area contributed by atoms with Gasteiger partial charge in [0.15, 0.2) is 0 Å². The molecular formula is C31H31F2N3O5. The monoisotopic (exact) mass is 563 g/mol. The van der Waals surface area contributed by atoms with Crippen molar-refractivity contribution in [1.82, 2.24) is 15.1 Å². The van der Waals surface area contributed by atoms with Crippen molar-refractivity contribution in [1.29, 1.82) is 0 Å². The summed E-state index contributed by atoms with van der Waals surface area (Å²) in [6.07, 6.45) is -0.862. The highest BCUT2D eigenvalue weighted by Gasteiger charge is 2.54. The molecule has 1 aliphatic carbocycles. The largest absolute Gasteiger partial charge is 0.481 e. The van der Waals surface area contributed by atoms with Gasteiger partial charge >= 0.3 is 12.1 Å². The fourth-order valence-electron chi connectivity index (χ4n) is 5.67. The highest BCUT2D eigenvalue weighted by Crippen LogP contribution is 2.44. The van der Waals surface area contributed by atoms with Crippen LogP contribution in [-0.2, 0) is 20.9 Å². The third kappa shape index (κ3) is 6.07. The molecule has 214 valence electrons. The number of benzene rings is 3. The quantitative estimate of drug-likeness (QED) is 0.405. The number of likely N-dealkylation sites (N-methyl/N-ethyl adjacent to an activating group) is 1. The number of likely N-dealkylation sites (tertiary alicyclic amines) is 1. The van der Waals surface area contributed by atoms with Gasteiger partial charge in [-0.2, -0.15) is 0 Å². The number of nitrogens with zero attached hydrogens (tertiary/aromatic N) is 2. The van der Waals surface area contributed by atoms with Crippen LogP contribution in [-0.4, -0.2) is 78.1 Å². The molecule has 2 unspecified atom stereocenters. The first-order valence-corrected chi connectivity index (χ1v) is 13.4. The molecule has 1 heterocycles. The van der Waals surface area contributed by atoms with Crippen molar-refractivity contribution in [3.8, 4) is 11.1 Å². The Morgan fingerprint density at radius 2 is 1.59 bits per heavy atom. The first kappa shape index (κ1) is 28.2. The number of fused-ring (bicyclic) bond motifs is 3. The number of rotatable bonds is 9. The first-order chi connectivity index (χ1) is 19.6. The van der Waals surface area contributed by atoms with Gasteiger partial charge < -0.3 is 20.1 Å². The summed E-state index contributed by atoms with van der Waals surface area (Å²) in [5, 5.41) is 11.8. The Kier molecular flexibility index (Phi) is 8.03. The number of carbonyl (C=O) groups excluding carboxylic acids is 2. The van der Waals surface area contributed by atoms with E-state index in [4.69, 9.17) is 4.74 Å². The van der Waals surface area contributed by atoms with Gasteiger partial charge in [0.25, 0.3) is 5.92 Å². The number of ether oxygens (including phenoxy) is 1. The molecule has 0 saturated carbocycles. The summed E-state index contributed by atoms with van der Waals surface area (Å²) in [6.45, 7) is -1.23. The van der Waals surface area contributed by atoms with Crippen LogP contribution in [0.3, 0.4) is 0 Å². The number of halogens is 2. The number of carbonyl (C=O) groups is 3. The van der Waals surface area contributed by atoms with E-state index in [9.17, 15) is 28.3 Å². The lowest BCUT2D eigenvalue weighted by atomic mass is 9.98. The van der Waals surface area contributed by atoms with Crippen LogP contribution in [0.25, 0.3) is 11.1 Å². The van der Waals surface area contributed by atoms with Crippen LogP contribution >= 0.6 is 0 Å². The Bertz CT molecular complexity index is 1390. The summed E-state index contributed by atoms with van der Waals surface area (Å²) in [7, 11) is 1.74. The summed E-state index contributed by atoms with van der Waals surface area (Å²) in [4.78, 5) is 40.4. The number of carboxylic acid groups (broad SMARTS) is 1. The molecule has 8 nitrogen and oxygen atoms in total. The summed E-state index contributed by atoms with van der Waals surface area (Å²) < 4.78 is 34.4. The predicted molar refractivity (Wildman–Crippen MR) is 147 cm³/mol. The maximum Gasteiger partial charge on any atom is 0.407 e. The van der Waals surface area contributed by atoms with Gasteiger partial charge in [0.2, 0.25) is 5.91 Å². The van der Waals surface area contributed by atoms with Crippen molar-refractivity contribution in [2.75, 3.05) is 33.3 Å². The van der Waals surface area contributed by atoms with Gasteiger partial charge in [0.05, 0.1) is 6.54 Å². The van der Waals surface area contributed by atoms with Gasteiger partial charge in [0, 0.05) is 25.6 Å². The number of aliphatic carboxylic acids is 1. The van der Waals surface area contributed by atoms with Crippen LogP contribution in [0.4, 0.5) is 13.6 Å². The Hall–Kier alpha value is -4.31. The minimum Gasteiger partial charge on any atom is -0.481 e. The molecule has 2 N–H and O–H groups in total. The van der Waals surface area contributed by atoms with Crippen LogP contribution in [0.15, 0.2) is 78.9 Å². The fourth-order valence-corrected chi connectivity index (χ4v) is 5.67. The Morgan fingerprint density at radius 3 is 2.17 bits per heavy atom. The summed E-state index contributed by atoms with van der Waals surface area (Å²) >= 11 is 0. The van der Waals surface area contributed by atoms with E-state index >= 15 is 0 Å². The van der Waals surface area contributed by atoms with Gasteiger partial charge in [-0.25, -0.2) is 13.6 Å². The van der Waals surface area contributed by atoms with Gasteiger partial charge in [0.1, 0.15) is 18.6 Å². The van der Waals surface area contributed by atoms with E-state index in [2.05, 4.69) is 5.32 Å². The highest BCUT2D eigenvalue weighted by molar-refractivity contribution is 5.87. The first-order valence-electron chi connectivity index (χ1n) is 13.4. The van der Waals surface area contributed by atoms with Crippen LogP contribution in [0, 0.1) is 5.92 Å². The average Bonchev–Trinajstić information content (AvgIpc) is 3.45. The highest BCUT2D eigenvalue weighted by atomic mass is 19.3. The molecule has 1 fully saturated rings. The summed E-state index contributed by atoms with van der Waals surface area (Å²) in [6, 6.07) is 23.9. The summed E-state index contributed by atoms with van der Waals surface area (Å²) in [5.41, 5.74) is 5.14. The standard InChI is InChI=1S/C31H31F2N3O5/c1-35(15-20-9-3-2-4-10-20)17-27(28(37)36-16-26(29(38)39)31(32,33)19-36)34-30(40)41-18-25-23-13-7-5-11-21(23)22-12-6-8-14-24(22)25/h2-14,25-27H,15-19H2,1H3,(H,34,40)(H,38,39). The molecule has 3 aromatic carbocycles. The number of alkyl halides is 2. The number of nitrogens with one attached hydrogen (secondary N) is 1. The van der Waals surface area contributed by atoms with Crippen LogP contribution in [0.2, 0.25) is 0 Å². The number of alkyl carbamates (subject to hydrolysis) is 1. The fraction of sp³-hybridized carbons (Fsp3) is 0.323. The zero-order valence-corrected chi connectivity index (χ0v) is 22.5. The van der Waals surface area contributed by atoms with Gasteiger partial charge in [-0.15, -0.1) is 0 Å². The number of hydrogen-bond donors (Lipinski definition) is 2. The Morgan fingerprint density at radius 1 is 1.00 bits per heavy atom. The van der Waals surface area contributed by atoms with Crippen molar-refractivity contribution < 1.29 is 33.0 Å². The predicted octanol–water partition coefficient (Wildman–Crippen LogP) is 4.20. The Balaban J connectivity index is 1.29. The van der Waals surface area contributed by atoms with E-state index in [0.29, 0.717) is 6.54 Å². The molecule has 0 spiro atoms. The lowest BCUT2D eigenvalue weighted by Gasteiger charge is -2.28. The molecule has 10 heteroatoms. The molecule has 2 aliphatic rings. The number of amides is 2. The topological polar surface area (TPSA) is 99.2 Å². The second-order valence-electron chi connectivity index (χ2n) is 10.6. The molecule has 2 amide bonds. The van der Waals surface area contributed by atoms with E-state index < -0.39 is 48.9 Å². The van der Waals surface area contributed by atoms with Crippen LogP contribution < -0.4 is 5.32 Å². The zero-order chi connectivity index (χ0) is 29.1. The molecule has 41 heavy (non-hydrogen) atoms. The Labute approximate surface area is 236 Å². The summed E-state index contributed by atoms with van der Waals surface area (Å²) in [5.74, 6) is -8.25. The lowest BCUT2D eigenvalue weighted by Crippen LogP contribution is -2.53. The third-order valence-corrected chi connectivity index (χ3v) is 7.65. The molecule has 2 atom stereocenters. The lowest BCUT2D eigenvalue weighted by molar-refractivity contribution is -0.151. The maximum absolute atomic E-state index is 14.4. The van der Waals surface area contributed by atoms with Crippen molar-refractivity contribution in [2.24, 2.45) is 5.92 Å². The maximum atomic E-state index is 14.4. The molecule has 0 radical (unpaired) electrons. The molecule has 0 bridgehead atoms. The minimum atomic E-state index is -3.58. The molecular weight excluding hydrogens is 532 g/mol. The molecule has 1 saturated heterocycles. The number of hydrogen-bond acceptors (Lipinski definition) is 5. The normalized spacial score (nSPS) is 18.0. The average molecular weight is 564 g/mol. The SMILES string of the molecule is CN(Cc1ccccc1)CC(NC(=O)OCC1c2ccccc2-c2ccccc21)C(=O)N1CC(C(=O)O)C(F)(F)C1. The van der Waals surface area contributed by atoms with Gasteiger partial charge in [-0.1, -0.05) is 78.9 Å². The molecule has 5 rings (SSSR count). The smallest absolute Gasteiger partial charge is 0.407 e. The van der Waals surface area contributed by atoms with Crippen LogP contribution in [0.1, 0.15) is 22.6 Å². The van der Waals surface area contributed by atoms with E-state index in [1.165, 1.54) is 0 Å². The van der Waals surface area contributed by atoms with Crippen molar-refractivity contribution in [3.63, 3.8) is 0 Å². The number of carboxylic acids is 1. The zero-order valence-electron chi connectivity index (χ0n) is 22.5. The second-order valence-corrected chi connectivity index (χ2v) is 10.6.